The van der Waals surface area contributed by atoms with Crippen molar-refractivity contribution in [3.05, 3.63) is 53.2 Å². The molecule has 0 radical (unpaired) electrons. The number of aromatic carboxylic acids is 1. The van der Waals surface area contributed by atoms with Gasteiger partial charge in [-0.3, -0.25) is 0 Å². The lowest BCUT2D eigenvalue weighted by Gasteiger charge is -2.08. The van der Waals surface area contributed by atoms with Gasteiger partial charge in [0.1, 0.15) is 17.8 Å². The summed E-state index contributed by atoms with van der Waals surface area (Å²) in [6.07, 6.45) is 1.18. The fraction of sp³-hybridized carbons (Fsp3) is 0.154. The first-order chi connectivity index (χ1) is 8.58. The lowest BCUT2D eigenvalue weighted by atomic mass is 10.2. The SMILES string of the molecule is Cc1c(F)cccc1NCc1cc(C(=O)O)co1. The van der Waals surface area contributed by atoms with Crippen molar-refractivity contribution in [1.82, 2.24) is 0 Å². The number of nitrogens with one attached hydrogen (secondary N) is 1. The molecule has 1 heterocycles. The van der Waals surface area contributed by atoms with Gasteiger partial charge < -0.3 is 14.8 Å². The van der Waals surface area contributed by atoms with Crippen LogP contribution in [0.2, 0.25) is 0 Å². The molecule has 2 N–H and O–H groups in total. The molecule has 2 rings (SSSR count). The number of halogens is 1. The lowest BCUT2D eigenvalue weighted by Crippen LogP contribution is -2.01. The largest absolute Gasteiger partial charge is 0.478 e. The van der Waals surface area contributed by atoms with Crippen molar-refractivity contribution in [1.29, 1.82) is 0 Å². The number of carbonyl (C=O) groups is 1. The molecule has 5 heteroatoms. The Labute approximate surface area is 103 Å². The highest BCUT2D eigenvalue weighted by molar-refractivity contribution is 5.87. The molecule has 0 saturated heterocycles. The van der Waals surface area contributed by atoms with Crippen molar-refractivity contribution >= 4 is 11.7 Å². The van der Waals surface area contributed by atoms with Gasteiger partial charge in [0, 0.05) is 11.3 Å². The number of carboxylic acid groups (broad SMARTS) is 1. The fourth-order valence-electron chi connectivity index (χ4n) is 1.57. The van der Waals surface area contributed by atoms with Crippen LogP contribution in [0.4, 0.5) is 10.1 Å². The van der Waals surface area contributed by atoms with E-state index in [1.54, 1.807) is 19.1 Å². The van der Waals surface area contributed by atoms with Gasteiger partial charge in [0.05, 0.1) is 12.1 Å². The maximum atomic E-state index is 13.3. The first-order valence-electron chi connectivity index (χ1n) is 5.37. The normalized spacial score (nSPS) is 10.3. The molecule has 0 unspecified atom stereocenters. The molecule has 1 aromatic heterocycles. The lowest BCUT2D eigenvalue weighted by molar-refractivity contribution is 0.0696. The van der Waals surface area contributed by atoms with Crippen LogP contribution in [-0.2, 0) is 6.54 Å². The van der Waals surface area contributed by atoms with Crippen LogP contribution < -0.4 is 5.32 Å². The van der Waals surface area contributed by atoms with E-state index in [1.165, 1.54) is 18.4 Å². The zero-order valence-corrected chi connectivity index (χ0v) is 9.74. The van der Waals surface area contributed by atoms with Crippen molar-refractivity contribution in [3.63, 3.8) is 0 Å². The molecule has 0 saturated carbocycles. The van der Waals surface area contributed by atoms with E-state index in [0.29, 0.717) is 23.6 Å². The van der Waals surface area contributed by atoms with Crippen LogP contribution in [0, 0.1) is 12.7 Å². The summed E-state index contributed by atoms with van der Waals surface area (Å²) in [4.78, 5) is 10.7. The Morgan fingerprint density at radius 3 is 2.94 bits per heavy atom. The van der Waals surface area contributed by atoms with Gasteiger partial charge in [-0.05, 0) is 25.1 Å². The molecule has 0 aliphatic heterocycles. The molecule has 2 aromatic rings. The molecular formula is C13H12FNO3. The van der Waals surface area contributed by atoms with Crippen molar-refractivity contribution in [2.24, 2.45) is 0 Å². The fourth-order valence-corrected chi connectivity index (χ4v) is 1.57. The average Bonchev–Trinajstić information content (AvgIpc) is 2.80. The third-order valence-corrected chi connectivity index (χ3v) is 2.62. The minimum atomic E-state index is -1.04. The summed E-state index contributed by atoms with van der Waals surface area (Å²) < 4.78 is 18.4. The van der Waals surface area contributed by atoms with Crippen LogP contribution in [0.3, 0.4) is 0 Å². The summed E-state index contributed by atoms with van der Waals surface area (Å²) in [5.41, 5.74) is 1.27. The highest BCUT2D eigenvalue weighted by atomic mass is 19.1. The molecule has 4 nitrogen and oxygen atoms in total. The molecule has 0 bridgehead atoms. The van der Waals surface area contributed by atoms with E-state index in [2.05, 4.69) is 5.32 Å². The molecule has 1 aromatic carbocycles. The summed E-state index contributed by atoms with van der Waals surface area (Å²) in [5, 5.41) is 11.7. The molecule has 0 atom stereocenters. The number of hydrogen-bond donors (Lipinski definition) is 2. The van der Waals surface area contributed by atoms with Crippen molar-refractivity contribution in [2.75, 3.05) is 5.32 Å². The predicted molar refractivity (Wildman–Crippen MR) is 64.1 cm³/mol. The summed E-state index contributed by atoms with van der Waals surface area (Å²) in [6.45, 7) is 1.97. The molecule has 0 amide bonds. The second kappa shape index (κ2) is 4.91. The maximum absolute atomic E-state index is 13.3. The maximum Gasteiger partial charge on any atom is 0.338 e. The Hall–Kier alpha value is -2.30. The zero-order valence-electron chi connectivity index (χ0n) is 9.74. The van der Waals surface area contributed by atoms with Gasteiger partial charge in [0.15, 0.2) is 0 Å². The Morgan fingerprint density at radius 2 is 2.28 bits per heavy atom. The Kier molecular flexibility index (Phi) is 3.32. The highest BCUT2D eigenvalue weighted by Crippen LogP contribution is 2.18. The van der Waals surface area contributed by atoms with Crippen molar-refractivity contribution < 1.29 is 18.7 Å². The van der Waals surface area contributed by atoms with Gasteiger partial charge in [0.2, 0.25) is 0 Å². The number of hydrogen-bond acceptors (Lipinski definition) is 3. The predicted octanol–water partition coefficient (Wildman–Crippen LogP) is 3.04. The molecule has 94 valence electrons. The average molecular weight is 249 g/mol. The first kappa shape index (κ1) is 12.2. The number of anilines is 1. The van der Waals surface area contributed by atoms with Gasteiger partial charge in [-0.15, -0.1) is 0 Å². The van der Waals surface area contributed by atoms with Crippen molar-refractivity contribution in [2.45, 2.75) is 13.5 Å². The minimum absolute atomic E-state index is 0.0998. The number of furan rings is 1. The van der Waals surface area contributed by atoms with Crippen LogP contribution in [-0.4, -0.2) is 11.1 Å². The van der Waals surface area contributed by atoms with Gasteiger partial charge in [-0.2, -0.15) is 0 Å². The van der Waals surface area contributed by atoms with Gasteiger partial charge in [0.25, 0.3) is 0 Å². The second-order valence-electron chi connectivity index (χ2n) is 3.87. The highest BCUT2D eigenvalue weighted by Gasteiger charge is 2.09. The summed E-state index contributed by atoms with van der Waals surface area (Å²) in [5.74, 6) is -0.839. The Morgan fingerprint density at radius 1 is 1.50 bits per heavy atom. The third kappa shape index (κ3) is 2.51. The first-order valence-corrected chi connectivity index (χ1v) is 5.37. The van der Waals surface area contributed by atoms with E-state index in [-0.39, 0.29) is 11.4 Å². The van der Waals surface area contributed by atoms with Crippen LogP contribution >= 0.6 is 0 Å². The van der Waals surface area contributed by atoms with E-state index >= 15 is 0 Å². The minimum Gasteiger partial charge on any atom is -0.478 e. The molecule has 0 aliphatic rings. The van der Waals surface area contributed by atoms with Gasteiger partial charge in [-0.1, -0.05) is 6.07 Å². The smallest absolute Gasteiger partial charge is 0.338 e. The van der Waals surface area contributed by atoms with Gasteiger partial charge >= 0.3 is 5.97 Å². The monoisotopic (exact) mass is 249 g/mol. The third-order valence-electron chi connectivity index (χ3n) is 2.62. The molecular weight excluding hydrogens is 237 g/mol. The van der Waals surface area contributed by atoms with E-state index in [4.69, 9.17) is 9.52 Å². The molecule has 0 fully saturated rings. The molecule has 0 aliphatic carbocycles. The van der Waals surface area contributed by atoms with Crippen LogP contribution in [0.1, 0.15) is 21.7 Å². The van der Waals surface area contributed by atoms with E-state index in [0.717, 1.165) is 0 Å². The zero-order chi connectivity index (χ0) is 13.1. The summed E-state index contributed by atoms with van der Waals surface area (Å²) in [6, 6.07) is 6.18. The van der Waals surface area contributed by atoms with Crippen LogP contribution in [0.5, 0.6) is 0 Å². The molecule has 0 spiro atoms. The standard InChI is InChI=1S/C13H12FNO3/c1-8-11(14)3-2-4-12(8)15-6-10-5-9(7-18-10)13(16)17/h2-5,7,15H,6H2,1H3,(H,16,17). The van der Waals surface area contributed by atoms with E-state index < -0.39 is 5.97 Å². The second-order valence-corrected chi connectivity index (χ2v) is 3.87. The topological polar surface area (TPSA) is 62.5 Å². The Balaban J connectivity index is 2.07. The van der Waals surface area contributed by atoms with Crippen LogP contribution in [0.15, 0.2) is 34.9 Å². The summed E-state index contributed by atoms with van der Waals surface area (Å²) in [7, 11) is 0. The number of carboxylic acids is 1. The van der Waals surface area contributed by atoms with Crippen LogP contribution in [0.25, 0.3) is 0 Å². The summed E-state index contributed by atoms with van der Waals surface area (Å²) >= 11 is 0. The molecule has 18 heavy (non-hydrogen) atoms. The number of benzene rings is 1. The van der Waals surface area contributed by atoms with Crippen molar-refractivity contribution in [3.8, 4) is 0 Å². The number of rotatable bonds is 4. The van der Waals surface area contributed by atoms with E-state index in [9.17, 15) is 9.18 Å². The van der Waals surface area contributed by atoms with Gasteiger partial charge in [-0.25, -0.2) is 9.18 Å². The van der Waals surface area contributed by atoms with E-state index in [1.807, 2.05) is 0 Å². The Bertz CT molecular complexity index is 577. The quantitative estimate of drug-likeness (QED) is 0.874.